The van der Waals surface area contributed by atoms with Crippen LogP contribution >= 0.6 is 0 Å². The Hall–Kier alpha value is -0.290. The van der Waals surface area contributed by atoms with Crippen molar-refractivity contribution in [1.82, 2.24) is 0 Å². The number of hydrogen-bond donors (Lipinski definition) is 0. The Kier molecular flexibility index (Phi) is 6.99. The molecular formula is C11H21F3O2. The molecular weight excluding hydrogens is 221 g/mol. The van der Waals surface area contributed by atoms with Gasteiger partial charge in [0.25, 0.3) is 0 Å². The van der Waals surface area contributed by atoms with Crippen molar-refractivity contribution in [3.05, 3.63) is 0 Å². The van der Waals surface area contributed by atoms with E-state index >= 15 is 0 Å². The summed E-state index contributed by atoms with van der Waals surface area (Å²) in [7, 11) is 0. The summed E-state index contributed by atoms with van der Waals surface area (Å²) in [6, 6.07) is 0. The number of alkyl halides is 3. The number of hydrogen-bond acceptors (Lipinski definition) is 2. The molecule has 0 unspecified atom stereocenters. The zero-order chi connectivity index (χ0) is 12.8. The molecule has 2 nitrogen and oxygen atoms in total. The zero-order valence-corrected chi connectivity index (χ0v) is 10.3. The van der Waals surface area contributed by atoms with Crippen molar-refractivity contribution in [1.29, 1.82) is 0 Å². The SMILES string of the molecule is CC(C)COC(CC(F)(F)F)OCC(C)C. The maximum Gasteiger partial charge on any atom is 0.393 e. The third-order valence-electron chi connectivity index (χ3n) is 1.63. The summed E-state index contributed by atoms with van der Waals surface area (Å²) in [4.78, 5) is 0. The van der Waals surface area contributed by atoms with E-state index < -0.39 is 18.9 Å². The van der Waals surface area contributed by atoms with E-state index in [-0.39, 0.29) is 25.0 Å². The lowest BCUT2D eigenvalue weighted by atomic mass is 10.2. The summed E-state index contributed by atoms with van der Waals surface area (Å²) in [6.45, 7) is 8.08. The van der Waals surface area contributed by atoms with Gasteiger partial charge in [0.05, 0.1) is 19.6 Å². The molecule has 0 aromatic heterocycles. The fraction of sp³-hybridized carbons (Fsp3) is 1.00. The Labute approximate surface area is 95.1 Å². The van der Waals surface area contributed by atoms with Gasteiger partial charge in [0.1, 0.15) is 0 Å². The van der Waals surface area contributed by atoms with E-state index in [0.29, 0.717) is 0 Å². The molecule has 0 heterocycles. The van der Waals surface area contributed by atoms with Gasteiger partial charge in [-0.25, -0.2) is 0 Å². The first-order chi connectivity index (χ1) is 7.20. The van der Waals surface area contributed by atoms with Crippen LogP contribution in [0.5, 0.6) is 0 Å². The Balaban J connectivity index is 4.05. The normalized spacial score (nSPS) is 13.1. The van der Waals surface area contributed by atoms with Crippen LogP contribution in [-0.2, 0) is 9.47 Å². The van der Waals surface area contributed by atoms with E-state index in [1.54, 1.807) is 0 Å². The molecule has 0 fully saturated rings. The van der Waals surface area contributed by atoms with Gasteiger partial charge in [0.15, 0.2) is 6.29 Å². The molecule has 0 atom stereocenters. The number of ether oxygens (including phenoxy) is 2. The van der Waals surface area contributed by atoms with Gasteiger partial charge in [-0.1, -0.05) is 27.7 Å². The molecule has 0 N–H and O–H groups in total. The van der Waals surface area contributed by atoms with Crippen molar-refractivity contribution in [2.75, 3.05) is 13.2 Å². The summed E-state index contributed by atoms with van der Waals surface area (Å²) in [6.07, 6.45) is -6.48. The largest absolute Gasteiger partial charge is 0.393 e. The van der Waals surface area contributed by atoms with Gasteiger partial charge in [0, 0.05) is 0 Å². The molecule has 0 saturated heterocycles. The number of rotatable bonds is 7. The van der Waals surface area contributed by atoms with Gasteiger partial charge in [-0.15, -0.1) is 0 Å². The molecule has 0 aromatic carbocycles. The summed E-state index contributed by atoms with van der Waals surface area (Å²) in [5, 5.41) is 0. The molecule has 5 heteroatoms. The highest BCUT2D eigenvalue weighted by Crippen LogP contribution is 2.24. The van der Waals surface area contributed by atoms with Crippen molar-refractivity contribution >= 4 is 0 Å². The third-order valence-corrected chi connectivity index (χ3v) is 1.63. The van der Waals surface area contributed by atoms with Gasteiger partial charge in [-0.2, -0.15) is 13.2 Å². The smallest absolute Gasteiger partial charge is 0.352 e. The van der Waals surface area contributed by atoms with E-state index in [9.17, 15) is 13.2 Å². The molecule has 0 saturated carbocycles. The van der Waals surface area contributed by atoms with Crippen LogP contribution in [0.2, 0.25) is 0 Å². The van der Waals surface area contributed by atoms with Crippen molar-refractivity contribution in [3.63, 3.8) is 0 Å². The maximum atomic E-state index is 12.2. The monoisotopic (exact) mass is 242 g/mol. The lowest BCUT2D eigenvalue weighted by Gasteiger charge is -2.21. The van der Waals surface area contributed by atoms with Crippen molar-refractivity contribution in [2.45, 2.75) is 46.6 Å². The van der Waals surface area contributed by atoms with Crippen molar-refractivity contribution < 1.29 is 22.6 Å². The maximum absolute atomic E-state index is 12.2. The fourth-order valence-corrected chi connectivity index (χ4v) is 0.954. The van der Waals surface area contributed by atoms with Crippen LogP contribution in [0.25, 0.3) is 0 Å². The van der Waals surface area contributed by atoms with E-state index in [2.05, 4.69) is 0 Å². The topological polar surface area (TPSA) is 18.5 Å². The second-order valence-corrected chi connectivity index (χ2v) is 4.70. The van der Waals surface area contributed by atoms with Crippen LogP contribution in [0.15, 0.2) is 0 Å². The Morgan fingerprint density at radius 3 is 1.50 bits per heavy atom. The van der Waals surface area contributed by atoms with Crippen LogP contribution in [0, 0.1) is 11.8 Å². The Morgan fingerprint density at radius 1 is 0.875 bits per heavy atom. The van der Waals surface area contributed by atoms with E-state index in [4.69, 9.17) is 9.47 Å². The van der Waals surface area contributed by atoms with Crippen LogP contribution in [-0.4, -0.2) is 25.7 Å². The summed E-state index contributed by atoms with van der Waals surface area (Å²) < 4.78 is 46.8. The molecule has 0 radical (unpaired) electrons. The Bertz CT molecular complexity index is 167. The molecule has 0 amide bonds. The first-order valence-corrected chi connectivity index (χ1v) is 5.50. The second kappa shape index (κ2) is 7.12. The van der Waals surface area contributed by atoms with Crippen LogP contribution < -0.4 is 0 Å². The van der Waals surface area contributed by atoms with Gasteiger partial charge in [-0.05, 0) is 11.8 Å². The first kappa shape index (κ1) is 15.7. The van der Waals surface area contributed by atoms with Gasteiger partial charge < -0.3 is 9.47 Å². The molecule has 0 aliphatic rings. The molecule has 0 spiro atoms. The molecule has 0 bridgehead atoms. The lowest BCUT2D eigenvalue weighted by molar-refractivity contribution is -0.226. The van der Waals surface area contributed by atoms with E-state index in [1.165, 1.54) is 0 Å². The highest BCUT2D eigenvalue weighted by Gasteiger charge is 2.33. The average molecular weight is 242 g/mol. The van der Waals surface area contributed by atoms with Gasteiger partial charge in [-0.3, -0.25) is 0 Å². The molecule has 0 aliphatic heterocycles. The minimum absolute atomic E-state index is 0.193. The lowest BCUT2D eigenvalue weighted by Crippen LogP contribution is -2.28. The van der Waals surface area contributed by atoms with Crippen LogP contribution in [0.4, 0.5) is 13.2 Å². The minimum atomic E-state index is -4.25. The molecule has 0 aromatic rings. The highest BCUT2D eigenvalue weighted by atomic mass is 19.4. The van der Waals surface area contributed by atoms with Crippen LogP contribution in [0.1, 0.15) is 34.1 Å². The van der Waals surface area contributed by atoms with Crippen molar-refractivity contribution in [3.8, 4) is 0 Å². The van der Waals surface area contributed by atoms with Gasteiger partial charge >= 0.3 is 6.18 Å². The summed E-state index contributed by atoms with van der Waals surface area (Å²) in [5.74, 6) is 0.386. The summed E-state index contributed by atoms with van der Waals surface area (Å²) in [5.41, 5.74) is 0. The highest BCUT2D eigenvalue weighted by molar-refractivity contribution is 4.57. The van der Waals surface area contributed by atoms with E-state index in [1.807, 2.05) is 27.7 Å². The fourth-order valence-electron chi connectivity index (χ4n) is 0.954. The van der Waals surface area contributed by atoms with Gasteiger partial charge in [0.2, 0.25) is 0 Å². The second-order valence-electron chi connectivity index (χ2n) is 4.70. The predicted octanol–water partition coefficient (Wildman–Crippen LogP) is 3.61. The molecule has 16 heavy (non-hydrogen) atoms. The van der Waals surface area contributed by atoms with Crippen molar-refractivity contribution in [2.24, 2.45) is 11.8 Å². The molecule has 0 aliphatic carbocycles. The minimum Gasteiger partial charge on any atom is -0.352 e. The third kappa shape index (κ3) is 10.2. The molecule has 0 rings (SSSR count). The van der Waals surface area contributed by atoms with E-state index in [0.717, 1.165) is 0 Å². The summed E-state index contributed by atoms with van der Waals surface area (Å²) >= 11 is 0. The first-order valence-electron chi connectivity index (χ1n) is 5.50. The Morgan fingerprint density at radius 2 is 1.25 bits per heavy atom. The predicted molar refractivity (Wildman–Crippen MR) is 56.0 cm³/mol. The van der Waals surface area contributed by atoms with Crippen LogP contribution in [0.3, 0.4) is 0 Å². The quantitative estimate of drug-likeness (QED) is 0.635. The standard InChI is InChI=1S/C11H21F3O2/c1-8(2)6-15-10(5-11(12,13)14)16-7-9(3)4/h8-10H,5-7H2,1-4H3. The number of halogens is 3. The zero-order valence-electron chi connectivity index (χ0n) is 10.3. The molecule has 98 valence electrons. The average Bonchev–Trinajstić information content (AvgIpc) is 2.07.